The van der Waals surface area contributed by atoms with Crippen molar-refractivity contribution in [1.29, 1.82) is 0 Å². The molecule has 1 heterocycles. The van der Waals surface area contributed by atoms with Gasteiger partial charge >= 0.3 is 6.09 Å². The van der Waals surface area contributed by atoms with E-state index in [2.05, 4.69) is 0 Å². The number of nitrogens with zero attached hydrogens (tertiary/aromatic N) is 1. The molecule has 0 bridgehead atoms. The predicted molar refractivity (Wildman–Crippen MR) is 70.2 cm³/mol. The Hall–Kier alpha value is -1.46. The third-order valence-electron chi connectivity index (χ3n) is 2.86. The van der Waals surface area contributed by atoms with Gasteiger partial charge in [0, 0.05) is 5.02 Å². The SMILES string of the molecule is CC[C@@H](O)N1C[C@H](COc2cccc(Cl)c2)OC1=O. The number of benzene rings is 1. The van der Waals surface area contributed by atoms with Crippen molar-refractivity contribution in [3.8, 4) is 5.75 Å². The molecule has 0 saturated carbocycles. The van der Waals surface area contributed by atoms with Crippen molar-refractivity contribution in [3.63, 3.8) is 0 Å². The summed E-state index contributed by atoms with van der Waals surface area (Å²) >= 11 is 5.84. The summed E-state index contributed by atoms with van der Waals surface area (Å²) in [6.07, 6.45) is -1.22. The van der Waals surface area contributed by atoms with Gasteiger partial charge in [0.15, 0.2) is 6.10 Å². The standard InChI is InChI=1S/C13H16ClNO4/c1-2-12(16)15-7-11(19-13(15)17)8-18-10-5-3-4-9(14)6-10/h3-6,11-12,16H,2,7-8H2,1H3/t11-,12-/m1/s1. The minimum Gasteiger partial charge on any atom is -0.490 e. The van der Waals surface area contributed by atoms with Crippen LogP contribution >= 0.6 is 11.6 Å². The fraction of sp³-hybridized carbons (Fsp3) is 0.462. The number of aliphatic hydroxyl groups excluding tert-OH is 1. The molecular weight excluding hydrogens is 270 g/mol. The Bertz CT molecular complexity index is 454. The smallest absolute Gasteiger partial charge is 0.412 e. The Morgan fingerprint density at radius 2 is 2.42 bits per heavy atom. The van der Waals surface area contributed by atoms with Gasteiger partial charge in [-0.05, 0) is 24.6 Å². The van der Waals surface area contributed by atoms with Crippen molar-refractivity contribution < 1.29 is 19.4 Å². The molecular formula is C13H16ClNO4. The van der Waals surface area contributed by atoms with E-state index >= 15 is 0 Å². The lowest BCUT2D eigenvalue weighted by Gasteiger charge is -2.18. The molecule has 1 saturated heterocycles. The first-order valence-electron chi connectivity index (χ1n) is 6.14. The molecule has 0 aromatic heterocycles. The summed E-state index contributed by atoms with van der Waals surface area (Å²) in [5.41, 5.74) is 0. The molecule has 1 aromatic carbocycles. The van der Waals surface area contributed by atoms with Gasteiger partial charge < -0.3 is 14.6 Å². The van der Waals surface area contributed by atoms with E-state index in [1.807, 2.05) is 0 Å². The lowest BCUT2D eigenvalue weighted by atomic mass is 10.3. The summed E-state index contributed by atoms with van der Waals surface area (Å²) in [5.74, 6) is 0.623. The van der Waals surface area contributed by atoms with Crippen molar-refractivity contribution in [2.45, 2.75) is 25.7 Å². The van der Waals surface area contributed by atoms with Crippen LogP contribution in [0.4, 0.5) is 4.79 Å². The van der Waals surface area contributed by atoms with Crippen molar-refractivity contribution in [3.05, 3.63) is 29.3 Å². The van der Waals surface area contributed by atoms with Crippen molar-refractivity contribution in [2.75, 3.05) is 13.2 Å². The predicted octanol–water partition coefficient (Wildman–Crippen LogP) is 2.27. The van der Waals surface area contributed by atoms with Gasteiger partial charge in [0.1, 0.15) is 18.6 Å². The minimum absolute atomic E-state index is 0.235. The minimum atomic E-state index is -0.802. The van der Waals surface area contributed by atoms with Gasteiger partial charge in [0.2, 0.25) is 0 Å². The van der Waals surface area contributed by atoms with Crippen molar-refractivity contribution in [1.82, 2.24) is 4.90 Å². The van der Waals surface area contributed by atoms with Crippen molar-refractivity contribution in [2.24, 2.45) is 0 Å². The Kier molecular flexibility index (Phi) is 4.50. The average Bonchev–Trinajstić information content (AvgIpc) is 2.77. The first-order valence-corrected chi connectivity index (χ1v) is 6.51. The molecule has 0 radical (unpaired) electrons. The summed E-state index contributed by atoms with van der Waals surface area (Å²) in [4.78, 5) is 12.8. The van der Waals surface area contributed by atoms with Crippen LogP contribution in [-0.4, -0.2) is 41.6 Å². The number of hydrogen-bond acceptors (Lipinski definition) is 4. The maximum Gasteiger partial charge on any atom is 0.412 e. The zero-order valence-electron chi connectivity index (χ0n) is 10.6. The van der Waals surface area contributed by atoms with E-state index in [9.17, 15) is 9.90 Å². The summed E-state index contributed by atoms with van der Waals surface area (Å²) in [7, 11) is 0. The lowest BCUT2D eigenvalue weighted by molar-refractivity contribution is 0.0350. The van der Waals surface area contributed by atoms with Crippen molar-refractivity contribution >= 4 is 17.7 Å². The quantitative estimate of drug-likeness (QED) is 0.901. The highest BCUT2D eigenvalue weighted by Crippen LogP contribution is 2.19. The van der Waals surface area contributed by atoms with Crippen LogP contribution in [0.2, 0.25) is 5.02 Å². The number of carbonyl (C=O) groups is 1. The number of cyclic esters (lactones) is 1. The second kappa shape index (κ2) is 6.12. The molecule has 2 rings (SSSR count). The number of rotatable bonds is 5. The van der Waals surface area contributed by atoms with Gasteiger partial charge in [0.25, 0.3) is 0 Å². The van der Waals surface area contributed by atoms with E-state index in [0.29, 0.717) is 23.7 Å². The molecule has 1 amide bonds. The molecule has 0 aliphatic carbocycles. The largest absolute Gasteiger partial charge is 0.490 e. The molecule has 1 N–H and O–H groups in total. The number of amides is 1. The summed E-state index contributed by atoms with van der Waals surface area (Å²) in [5, 5.41) is 10.2. The summed E-state index contributed by atoms with van der Waals surface area (Å²) < 4.78 is 10.6. The van der Waals surface area contributed by atoms with Gasteiger partial charge in [0.05, 0.1) is 6.54 Å². The average molecular weight is 286 g/mol. The van der Waals surface area contributed by atoms with Crippen LogP contribution in [0, 0.1) is 0 Å². The maximum absolute atomic E-state index is 11.5. The third kappa shape index (κ3) is 3.52. The molecule has 0 spiro atoms. The van der Waals surface area contributed by atoms with E-state index in [4.69, 9.17) is 21.1 Å². The highest BCUT2D eigenvalue weighted by molar-refractivity contribution is 6.30. The third-order valence-corrected chi connectivity index (χ3v) is 3.09. The Morgan fingerprint density at radius 1 is 1.63 bits per heavy atom. The number of hydrogen-bond donors (Lipinski definition) is 1. The molecule has 0 unspecified atom stereocenters. The molecule has 1 fully saturated rings. The Morgan fingerprint density at radius 3 is 3.11 bits per heavy atom. The van der Waals surface area contributed by atoms with Gasteiger partial charge in [-0.25, -0.2) is 4.79 Å². The molecule has 104 valence electrons. The van der Waals surface area contributed by atoms with Crippen LogP contribution < -0.4 is 4.74 Å². The van der Waals surface area contributed by atoms with E-state index < -0.39 is 12.3 Å². The van der Waals surface area contributed by atoms with Crippen LogP contribution in [0.15, 0.2) is 24.3 Å². The first kappa shape index (κ1) is 14.0. The lowest BCUT2D eigenvalue weighted by Crippen LogP contribution is -2.36. The van der Waals surface area contributed by atoms with E-state index in [-0.39, 0.29) is 12.7 Å². The normalized spacial score (nSPS) is 20.3. The molecule has 19 heavy (non-hydrogen) atoms. The number of aliphatic hydroxyl groups is 1. The van der Waals surface area contributed by atoms with Gasteiger partial charge in [-0.1, -0.05) is 24.6 Å². The van der Waals surface area contributed by atoms with E-state index in [0.717, 1.165) is 0 Å². The van der Waals surface area contributed by atoms with Gasteiger partial charge in [-0.3, -0.25) is 4.90 Å². The Labute approximate surface area is 116 Å². The Balaban J connectivity index is 1.86. The number of halogens is 1. The number of carbonyl (C=O) groups excluding carboxylic acids is 1. The van der Waals surface area contributed by atoms with Crippen LogP contribution in [0.5, 0.6) is 5.75 Å². The molecule has 5 nitrogen and oxygen atoms in total. The highest BCUT2D eigenvalue weighted by atomic mass is 35.5. The van der Waals surface area contributed by atoms with Crippen LogP contribution in [0.1, 0.15) is 13.3 Å². The number of ether oxygens (including phenoxy) is 2. The van der Waals surface area contributed by atoms with E-state index in [1.165, 1.54) is 4.90 Å². The summed E-state index contributed by atoms with van der Waals surface area (Å²) in [6, 6.07) is 7.01. The van der Waals surface area contributed by atoms with Gasteiger partial charge in [-0.15, -0.1) is 0 Å². The monoisotopic (exact) mass is 285 g/mol. The van der Waals surface area contributed by atoms with Crippen LogP contribution in [0.25, 0.3) is 0 Å². The molecule has 1 aliphatic rings. The zero-order valence-corrected chi connectivity index (χ0v) is 11.3. The van der Waals surface area contributed by atoms with Gasteiger partial charge in [-0.2, -0.15) is 0 Å². The highest BCUT2D eigenvalue weighted by Gasteiger charge is 2.35. The molecule has 1 aromatic rings. The summed E-state index contributed by atoms with van der Waals surface area (Å²) in [6.45, 7) is 2.36. The maximum atomic E-state index is 11.5. The molecule has 1 aliphatic heterocycles. The zero-order chi connectivity index (χ0) is 13.8. The fourth-order valence-corrected chi connectivity index (χ4v) is 2.02. The second-order valence-electron chi connectivity index (χ2n) is 4.32. The topological polar surface area (TPSA) is 59.0 Å². The van der Waals surface area contributed by atoms with Crippen LogP contribution in [0.3, 0.4) is 0 Å². The first-order chi connectivity index (χ1) is 9.10. The van der Waals surface area contributed by atoms with Crippen LogP contribution in [-0.2, 0) is 4.74 Å². The fourth-order valence-electron chi connectivity index (χ4n) is 1.84. The molecule has 6 heteroatoms. The molecule has 2 atom stereocenters. The van der Waals surface area contributed by atoms with E-state index in [1.54, 1.807) is 31.2 Å². The second-order valence-corrected chi connectivity index (χ2v) is 4.75.